The molecule has 1 saturated carbocycles. The molecule has 4 amide bonds. The SMILES string of the molecule is CC[C@H](C)[C@@H]([C@@H](CC(=O)N1CCC[C@H]1[C@H](OC)[C@@H](C)C(=O)N[C@@H](C(=O)OC)C1(c2ccccc2)CC1)OC)N(C)C(=O)[C@@H](NC(=O)C(C)(C)N)C(C)C. The van der Waals surface area contributed by atoms with Gasteiger partial charge in [0, 0.05) is 33.2 Å². The van der Waals surface area contributed by atoms with Crippen LogP contribution in [0.5, 0.6) is 0 Å². The number of carbonyl (C=O) groups excluding carboxylic acids is 5. The Hall–Kier alpha value is -3.55. The Morgan fingerprint density at radius 3 is 2.11 bits per heavy atom. The molecule has 1 aromatic carbocycles. The van der Waals surface area contributed by atoms with Crippen LogP contribution in [0.2, 0.25) is 0 Å². The van der Waals surface area contributed by atoms with Crippen molar-refractivity contribution in [3.63, 3.8) is 0 Å². The second-order valence-electron chi connectivity index (χ2n) is 16.0. The van der Waals surface area contributed by atoms with E-state index in [4.69, 9.17) is 19.9 Å². The molecule has 1 aromatic rings. The Labute approximate surface area is 316 Å². The predicted molar refractivity (Wildman–Crippen MR) is 202 cm³/mol. The number of hydrogen-bond acceptors (Lipinski definition) is 9. The van der Waals surface area contributed by atoms with E-state index in [-0.39, 0.29) is 36.0 Å². The molecule has 298 valence electrons. The number of likely N-dealkylation sites (N-methyl/N-ethyl adjacent to an activating group) is 1. The molecule has 1 aliphatic heterocycles. The third-order valence-electron chi connectivity index (χ3n) is 11.5. The molecule has 2 aliphatic rings. The normalized spacial score (nSPS) is 20.7. The number of nitrogens with zero attached hydrogens (tertiary/aromatic N) is 2. The molecule has 3 rings (SSSR count). The highest BCUT2D eigenvalue weighted by Gasteiger charge is 2.55. The van der Waals surface area contributed by atoms with E-state index >= 15 is 0 Å². The maximum Gasteiger partial charge on any atom is 0.329 e. The van der Waals surface area contributed by atoms with Gasteiger partial charge in [0.25, 0.3) is 0 Å². The Balaban J connectivity index is 1.80. The van der Waals surface area contributed by atoms with Crippen molar-refractivity contribution in [3.8, 4) is 0 Å². The summed E-state index contributed by atoms with van der Waals surface area (Å²) in [4.78, 5) is 71.4. The van der Waals surface area contributed by atoms with Gasteiger partial charge in [0.15, 0.2) is 0 Å². The molecule has 0 aromatic heterocycles. The smallest absolute Gasteiger partial charge is 0.329 e. The van der Waals surface area contributed by atoms with Crippen LogP contribution < -0.4 is 16.4 Å². The van der Waals surface area contributed by atoms with Crippen LogP contribution in [0.3, 0.4) is 0 Å². The van der Waals surface area contributed by atoms with Crippen molar-refractivity contribution in [2.75, 3.05) is 34.9 Å². The zero-order valence-electron chi connectivity index (χ0n) is 33.8. The van der Waals surface area contributed by atoms with Gasteiger partial charge >= 0.3 is 5.97 Å². The third kappa shape index (κ3) is 10.2. The van der Waals surface area contributed by atoms with E-state index < -0.39 is 65.1 Å². The molecular weight excluding hydrogens is 678 g/mol. The Morgan fingerprint density at radius 2 is 1.62 bits per heavy atom. The monoisotopic (exact) mass is 743 g/mol. The molecule has 0 spiro atoms. The van der Waals surface area contributed by atoms with E-state index in [1.54, 1.807) is 37.6 Å². The standard InChI is InChI=1S/C40H65N5O8/c1-12-25(4)32(44(8)36(48)31(24(2)3)42-38(50)39(6,7)41)29(51-9)23-30(46)45-22-16-19-28(45)33(52-10)26(5)35(47)43-34(37(49)53-11)40(20-21-40)27-17-14-13-15-18-27/h13-15,17-18,24-26,28-29,31-34H,12,16,19-23,41H2,1-11H3,(H,42,50)(H,43,47)/t25-,26+,28-,29+,31-,32-,33+,34-/m0/s1. The van der Waals surface area contributed by atoms with Crippen molar-refractivity contribution in [2.24, 2.45) is 23.5 Å². The van der Waals surface area contributed by atoms with Gasteiger partial charge in [0.1, 0.15) is 12.1 Å². The first-order valence-electron chi connectivity index (χ1n) is 19.0. The first kappa shape index (κ1) is 43.9. The van der Waals surface area contributed by atoms with Crippen molar-refractivity contribution in [3.05, 3.63) is 35.9 Å². The maximum absolute atomic E-state index is 14.2. The second kappa shape index (κ2) is 18.7. The van der Waals surface area contributed by atoms with Crippen LogP contribution >= 0.6 is 0 Å². The fraction of sp³-hybridized carbons (Fsp3) is 0.725. The molecule has 1 saturated heterocycles. The molecule has 13 heteroatoms. The number of benzene rings is 1. The quantitative estimate of drug-likeness (QED) is 0.180. The molecule has 0 radical (unpaired) electrons. The van der Waals surface area contributed by atoms with Gasteiger partial charge < -0.3 is 40.4 Å². The largest absolute Gasteiger partial charge is 0.467 e. The first-order chi connectivity index (χ1) is 24.9. The van der Waals surface area contributed by atoms with Gasteiger partial charge in [-0.1, -0.05) is 71.4 Å². The minimum atomic E-state index is -1.17. The number of likely N-dealkylation sites (tertiary alicyclic amines) is 1. The predicted octanol–water partition coefficient (Wildman–Crippen LogP) is 3.17. The van der Waals surface area contributed by atoms with Gasteiger partial charge in [0.2, 0.25) is 23.6 Å². The molecule has 0 unspecified atom stereocenters. The summed E-state index contributed by atoms with van der Waals surface area (Å²) in [5, 5.41) is 5.83. The minimum Gasteiger partial charge on any atom is -0.467 e. The lowest BCUT2D eigenvalue weighted by atomic mass is 9.86. The summed E-state index contributed by atoms with van der Waals surface area (Å²) < 4.78 is 17.1. The third-order valence-corrected chi connectivity index (χ3v) is 11.5. The van der Waals surface area contributed by atoms with Crippen molar-refractivity contribution in [1.82, 2.24) is 20.4 Å². The summed E-state index contributed by atoms with van der Waals surface area (Å²) in [6.07, 6.45) is 2.24. The minimum absolute atomic E-state index is 0.00478. The highest BCUT2D eigenvalue weighted by atomic mass is 16.5. The van der Waals surface area contributed by atoms with E-state index in [0.29, 0.717) is 19.4 Å². The number of ether oxygens (including phenoxy) is 3. The Kier molecular flexibility index (Phi) is 15.4. The van der Waals surface area contributed by atoms with E-state index in [2.05, 4.69) is 10.6 Å². The van der Waals surface area contributed by atoms with E-state index in [9.17, 15) is 24.0 Å². The van der Waals surface area contributed by atoms with Gasteiger partial charge in [-0.25, -0.2) is 4.79 Å². The number of hydrogen-bond donors (Lipinski definition) is 3. The fourth-order valence-electron chi connectivity index (χ4n) is 7.83. The number of carbonyl (C=O) groups is 5. The van der Waals surface area contributed by atoms with Crippen molar-refractivity contribution < 1.29 is 38.2 Å². The van der Waals surface area contributed by atoms with Crippen molar-refractivity contribution >= 4 is 29.6 Å². The van der Waals surface area contributed by atoms with Crippen molar-refractivity contribution in [2.45, 2.75) is 134 Å². The first-order valence-corrected chi connectivity index (χ1v) is 19.0. The van der Waals surface area contributed by atoms with Crippen LogP contribution in [0.4, 0.5) is 0 Å². The van der Waals surface area contributed by atoms with E-state index in [0.717, 1.165) is 24.8 Å². The molecule has 1 heterocycles. The molecule has 2 fully saturated rings. The van der Waals surface area contributed by atoms with E-state index in [1.165, 1.54) is 21.3 Å². The Morgan fingerprint density at radius 1 is 1.00 bits per heavy atom. The number of esters is 1. The van der Waals surface area contributed by atoms with Crippen LogP contribution in [0.15, 0.2) is 30.3 Å². The summed E-state index contributed by atoms with van der Waals surface area (Å²) in [6.45, 7) is 13.2. The molecule has 0 bridgehead atoms. The van der Waals surface area contributed by atoms with Gasteiger partial charge in [-0.3, -0.25) is 19.2 Å². The maximum atomic E-state index is 14.2. The summed E-state index contributed by atoms with van der Waals surface area (Å²) in [5.74, 6) is -2.72. The topological polar surface area (TPSA) is 170 Å². The number of rotatable bonds is 19. The van der Waals surface area contributed by atoms with Crippen LogP contribution in [-0.2, 0) is 43.6 Å². The molecule has 13 nitrogen and oxygen atoms in total. The molecular formula is C40H65N5O8. The lowest BCUT2D eigenvalue weighted by Gasteiger charge is -2.41. The van der Waals surface area contributed by atoms with Crippen LogP contribution in [0.1, 0.15) is 92.6 Å². The fourth-order valence-corrected chi connectivity index (χ4v) is 7.83. The molecule has 1 aliphatic carbocycles. The summed E-state index contributed by atoms with van der Waals surface area (Å²) >= 11 is 0. The molecule has 4 N–H and O–H groups in total. The lowest BCUT2D eigenvalue weighted by Crippen LogP contribution is -2.60. The summed E-state index contributed by atoms with van der Waals surface area (Å²) in [6, 6.07) is 7.11. The van der Waals surface area contributed by atoms with Gasteiger partial charge in [-0.2, -0.15) is 0 Å². The lowest BCUT2D eigenvalue weighted by molar-refractivity contribution is -0.149. The average molecular weight is 744 g/mol. The summed E-state index contributed by atoms with van der Waals surface area (Å²) in [5.41, 5.74) is 5.29. The average Bonchev–Trinajstić information content (AvgIpc) is 3.80. The molecule has 53 heavy (non-hydrogen) atoms. The van der Waals surface area contributed by atoms with Crippen LogP contribution in [-0.4, -0.2) is 116 Å². The van der Waals surface area contributed by atoms with Gasteiger partial charge in [-0.05, 0) is 56.9 Å². The highest BCUT2D eigenvalue weighted by Crippen LogP contribution is 2.51. The van der Waals surface area contributed by atoms with Crippen molar-refractivity contribution in [1.29, 1.82) is 0 Å². The zero-order chi connectivity index (χ0) is 39.8. The van der Waals surface area contributed by atoms with Crippen LogP contribution in [0, 0.1) is 17.8 Å². The van der Waals surface area contributed by atoms with Gasteiger partial charge in [-0.15, -0.1) is 0 Å². The number of nitrogens with one attached hydrogen (secondary N) is 2. The molecule has 8 atom stereocenters. The number of methoxy groups -OCH3 is 3. The number of amides is 4. The zero-order valence-corrected chi connectivity index (χ0v) is 33.8. The summed E-state index contributed by atoms with van der Waals surface area (Å²) in [7, 11) is 6.08. The van der Waals surface area contributed by atoms with Crippen LogP contribution in [0.25, 0.3) is 0 Å². The van der Waals surface area contributed by atoms with Gasteiger partial charge in [0.05, 0.1) is 49.3 Å². The highest BCUT2D eigenvalue weighted by molar-refractivity contribution is 5.92. The second-order valence-corrected chi connectivity index (χ2v) is 16.0. The van der Waals surface area contributed by atoms with E-state index in [1.807, 2.05) is 58.0 Å². The number of nitrogens with two attached hydrogens (primary N) is 1. The Bertz CT molecular complexity index is 1410.